The van der Waals surface area contributed by atoms with Gasteiger partial charge in [0.1, 0.15) is 0 Å². The maximum atomic E-state index is 12.5. The third-order valence-electron chi connectivity index (χ3n) is 4.81. The van der Waals surface area contributed by atoms with Crippen LogP contribution in [0.3, 0.4) is 0 Å². The first kappa shape index (κ1) is 18.3. The Bertz CT molecular complexity index is 917. The molecule has 2 heterocycles. The standard InChI is InChI=1S/C22H24N4O2/c27-22(24-19-14-23-26(15-19)16-20-10-6-12-28-20)25-21-11-5-4-9-18(21)13-17-7-2-1-3-8-17/h1-5,7-9,11,14-15,20H,6,10,12-13,16H2,(H2,24,25,27). The molecule has 2 N–H and O–H groups in total. The second-order valence-corrected chi connectivity index (χ2v) is 6.98. The number of nitrogens with one attached hydrogen (secondary N) is 2. The topological polar surface area (TPSA) is 68.2 Å². The largest absolute Gasteiger partial charge is 0.376 e. The third-order valence-corrected chi connectivity index (χ3v) is 4.81. The van der Waals surface area contributed by atoms with Crippen molar-refractivity contribution in [2.75, 3.05) is 17.2 Å². The fourth-order valence-corrected chi connectivity index (χ4v) is 3.42. The monoisotopic (exact) mass is 376 g/mol. The summed E-state index contributed by atoms with van der Waals surface area (Å²) in [6.45, 7) is 1.53. The van der Waals surface area contributed by atoms with Crippen LogP contribution in [0.2, 0.25) is 0 Å². The van der Waals surface area contributed by atoms with Crippen LogP contribution in [0.25, 0.3) is 0 Å². The number of benzene rings is 2. The van der Waals surface area contributed by atoms with Gasteiger partial charge in [-0.1, -0.05) is 48.5 Å². The van der Waals surface area contributed by atoms with Crippen molar-refractivity contribution in [2.45, 2.75) is 31.9 Å². The molecule has 1 atom stereocenters. The Labute approximate surface area is 164 Å². The normalized spacial score (nSPS) is 16.1. The van der Waals surface area contributed by atoms with Crippen molar-refractivity contribution in [1.82, 2.24) is 9.78 Å². The van der Waals surface area contributed by atoms with Gasteiger partial charge in [-0.25, -0.2) is 4.79 Å². The van der Waals surface area contributed by atoms with Crippen molar-refractivity contribution in [3.05, 3.63) is 78.1 Å². The van der Waals surface area contributed by atoms with Gasteiger partial charge in [0.05, 0.1) is 24.5 Å². The SMILES string of the molecule is O=C(Nc1cnn(CC2CCCO2)c1)Nc1ccccc1Cc1ccccc1. The molecule has 0 saturated carbocycles. The van der Waals surface area contributed by atoms with Crippen LogP contribution in [0, 0.1) is 0 Å². The number of amides is 2. The molecule has 0 spiro atoms. The summed E-state index contributed by atoms with van der Waals surface area (Å²) in [5.41, 5.74) is 3.73. The first-order valence-electron chi connectivity index (χ1n) is 9.60. The lowest BCUT2D eigenvalue weighted by molar-refractivity contribution is 0.0940. The number of carbonyl (C=O) groups excluding carboxylic acids is 1. The molecule has 1 aliphatic heterocycles. The molecule has 1 aliphatic rings. The predicted molar refractivity (Wildman–Crippen MR) is 110 cm³/mol. The van der Waals surface area contributed by atoms with Crippen molar-refractivity contribution in [2.24, 2.45) is 0 Å². The minimum Gasteiger partial charge on any atom is -0.376 e. The number of anilines is 2. The van der Waals surface area contributed by atoms with E-state index in [1.807, 2.05) is 53.3 Å². The molecule has 144 valence electrons. The van der Waals surface area contributed by atoms with Gasteiger partial charge >= 0.3 is 6.03 Å². The summed E-state index contributed by atoms with van der Waals surface area (Å²) in [4.78, 5) is 12.5. The first-order chi connectivity index (χ1) is 13.8. The van der Waals surface area contributed by atoms with Gasteiger partial charge in [0.15, 0.2) is 0 Å². The second-order valence-electron chi connectivity index (χ2n) is 6.98. The second kappa shape index (κ2) is 8.71. The molecule has 3 aromatic rings. The number of ether oxygens (including phenoxy) is 1. The van der Waals surface area contributed by atoms with Gasteiger partial charge in [-0.15, -0.1) is 0 Å². The number of carbonyl (C=O) groups is 1. The number of para-hydroxylation sites is 1. The number of nitrogens with zero attached hydrogens (tertiary/aromatic N) is 2. The summed E-state index contributed by atoms with van der Waals surface area (Å²) in [5, 5.41) is 10.1. The maximum Gasteiger partial charge on any atom is 0.323 e. The summed E-state index contributed by atoms with van der Waals surface area (Å²) in [6, 6.07) is 17.8. The van der Waals surface area contributed by atoms with Gasteiger partial charge in [-0.3, -0.25) is 4.68 Å². The average molecular weight is 376 g/mol. The van der Waals surface area contributed by atoms with E-state index in [9.17, 15) is 4.79 Å². The molecule has 1 fully saturated rings. The van der Waals surface area contributed by atoms with Gasteiger partial charge in [0.25, 0.3) is 0 Å². The van der Waals surface area contributed by atoms with E-state index in [1.54, 1.807) is 6.20 Å². The minimum atomic E-state index is -0.280. The Morgan fingerprint density at radius 1 is 1.11 bits per heavy atom. The van der Waals surface area contributed by atoms with E-state index in [0.29, 0.717) is 12.2 Å². The van der Waals surface area contributed by atoms with E-state index < -0.39 is 0 Å². The van der Waals surface area contributed by atoms with E-state index >= 15 is 0 Å². The smallest absolute Gasteiger partial charge is 0.323 e. The lowest BCUT2D eigenvalue weighted by Gasteiger charge is -2.11. The minimum absolute atomic E-state index is 0.214. The molecule has 1 aromatic heterocycles. The van der Waals surface area contributed by atoms with Crippen LogP contribution in [-0.2, 0) is 17.7 Å². The lowest BCUT2D eigenvalue weighted by atomic mass is 10.0. The van der Waals surface area contributed by atoms with E-state index in [0.717, 1.165) is 37.1 Å². The summed E-state index contributed by atoms with van der Waals surface area (Å²) in [5.74, 6) is 0. The molecule has 2 aromatic carbocycles. The van der Waals surface area contributed by atoms with E-state index in [2.05, 4.69) is 27.9 Å². The highest BCUT2D eigenvalue weighted by atomic mass is 16.5. The molecule has 0 radical (unpaired) electrons. The summed E-state index contributed by atoms with van der Waals surface area (Å²) in [6.07, 6.45) is 6.62. The number of rotatable bonds is 6. The van der Waals surface area contributed by atoms with Crippen molar-refractivity contribution >= 4 is 17.4 Å². The van der Waals surface area contributed by atoms with Crippen LogP contribution in [0.1, 0.15) is 24.0 Å². The number of hydrogen-bond acceptors (Lipinski definition) is 3. The highest BCUT2D eigenvalue weighted by molar-refractivity contribution is 6.00. The summed E-state index contributed by atoms with van der Waals surface area (Å²) in [7, 11) is 0. The van der Waals surface area contributed by atoms with Crippen molar-refractivity contribution in [1.29, 1.82) is 0 Å². The van der Waals surface area contributed by atoms with Crippen LogP contribution in [-0.4, -0.2) is 28.5 Å². The Morgan fingerprint density at radius 3 is 2.75 bits per heavy atom. The van der Waals surface area contributed by atoms with E-state index in [4.69, 9.17) is 4.74 Å². The van der Waals surface area contributed by atoms with Gasteiger partial charge in [0.2, 0.25) is 0 Å². The summed E-state index contributed by atoms with van der Waals surface area (Å²) < 4.78 is 7.44. The van der Waals surface area contributed by atoms with Crippen molar-refractivity contribution in [3.8, 4) is 0 Å². The van der Waals surface area contributed by atoms with Crippen LogP contribution < -0.4 is 10.6 Å². The number of hydrogen-bond donors (Lipinski definition) is 2. The fraction of sp³-hybridized carbons (Fsp3) is 0.273. The van der Waals surface area contributed by atoms with Crippen molar-refractivity contribution < 1.29 is 9.53 Å². The molecule has 0 aliphatic carbocycles. The highest BCUT2D eigenvalue weighted by Crippen LogP contribution is 2.20. The lowest BCUT2D eigenvalue weighted by Crippen LogP contribution is -2.20. The predicted octanol–water partition coefficient (Wildman–Crippen LogP) is 4.30. The zero-order chi connectivity index (χ0) is 19.2. The average Bonchev–Trinajstić information content (AvgIpc) is 3.37. The fourth-order valence-electron chi connectivity index (χ4n) is 3.42. The van der Waals surface area contributed by atoms with Gasteiger partial charge in [-0.05, 0) is 36.5 Å². The van der Waals surface area contributed by atoms with Crippen LogP contribution in [0.4, 0.5) is 16.2 Å². The van der Waals surface area contributed by atoms with Gasteiger partial charge in [-0.2, -0.15) is 5.10 Å². The molecule has 0 bridgehead atoms. The zero-order valence-corrected chi connectivity index (χ0v) is 15.7. The highest BCUT2D eigenvalue weighted by Gasteiger charge is 2.16. The molecular formula is C22H24N4O2. The molecule has 1 unspecified atom stereocenters. The molecule has 28 heavy (non-hydrogen) atoms. The van der Waals surface area contributed by atoms with Crippen LogP contribution in [0.15, 0.2) is 67.0 Å². The van der Waals surface area contributed by atoms with Gasteiger partial charge < -0.3 is 15.4 Å². The molecule has 6 nitrogen and oxygen atoms in total. The van der Waals surface area contributed by atoms with Crippen molar-refractivity contribution in [3.63, 3.8) is 0 Å². The Hall–Kier alpha value is -3.12. The number of urea groups is 1. The first-order valence-corrected chi connectivity index (χ1v) is 9.60. The molecule has 4 rings (SSSR count). The zero-order valence-electron chi connectivity index (χ0n) is 15.7. The molecule has 1 saturated heterocycles. The third kappa shape index (κ3) is 4.78. The Morgan fingerprint density at radius 2 is 1.93 bits per heavy atom. The Balaban J connectivity index is 1.37. The summed E-state index contributed by atoms with van der Waals surface area (Å²) >= 11 is 0. The maximum absolute atomic E-state index is 12.5. The van der Waals surface area contributed by atoms with Gasteiger partial charge in [0, 0.05) is 18.5 Å². The van der Waals surface area contributed by atoms with E-state index in [-0.39, 0.29) is 12.1 Å². The molecule has 6 heteroatoms. The van der Waals surface area contributed by atoms with E-state index in [1.165, 1.54) is 5.56 Å². The molecular weight excluding hydrogens is 352 g/mol. The Kier molecular flexibility index (Phi) is 5.68. The number of aromatic nitrogens is 2. The molecule has 2 amide bonds. The van der Waals surface area contributed by atoms with Crippen LogP contribution >= 0.6 is 0 Å². The van der Waals surface area contributed by atoms with Crippen LogP contribution in [0.5, 0.6) is 0 Å². The quantitative estimate of drug-likeness (QED) is 0.674.